The van der Waals surface area contributed by atoms with Crippen LogP contribution >= 0.6 is 0 Å². The first-order chi connectivity index (χ1) is 12.4. The van der Waals surface area contributed by atoms with Gasteiger partial charge < -0.3 is 14.3 Å². The number of sulfonamides is 1. The van der Waals surface area contributed by atoms with E-state index >= 15 is 0 Å². The fourth-order valence-corrected chi connectivity index (χ4v) is 4.52. The molecule has 0 spiro atoms. The number of imidazole rings is 1. The van der Waals surface area contributed by atoms with Gasteiger partial charge >= 0.3 is 0 Å². The van der Waals surface area contributed by atoms with E-state index in [4.69, 9.17) is 4.42 Å². The third-order valence-electron chi connectivity index (χ3n) is 4.35. The van der Waals surface area contributed by atoms with Gasteiger partial charge in [-0.2, -0.15) is 4.31 Å². The van der Waals surface area contributed by atoms with Crippen LogP contribution in [0, 0.1) is 0 Å². The molecule has 0 aliphatic carbocycles. The lowest BCUT2D eigenvalue weighted by Gasteiger charge is -2.24. The van der Waals surface area contributed by atoms with Crippen LogP contribution in [0.25, 0.3) is 0 Å². The minimum Gasteiger partial charge on any atom is -0.469 e. The highest BCUT2D eigenvalue weighted by molar-refractivity contribution is 7.89. The maximum absolute atomic E-state index is 12.6. The van der Waals surface area contributed by atoms with Crippen molar-refractivity contribution in [1.82, 2.24) is 19.2 Å². The second-order valence-electron chi connectivity index (χ2n) is 6.60. The molecule has 9 heteroatoms. The molecule has 142 valence electrons. The minimum atomic E-state index is -3.58. The number of furan rings is 1. The average molecular weight is 380 g/mol. The lowest BCUT2D eigenvalue weighted by atomic mass is 10.2. The van der Waals surface area contributed by atoms with Gasteiger partial charge in [-0.1, -0.05) is 6.42 Å². The maximum atomic E-state index is 12.6. The van der Waals surface area contributed by atoms with Crippen molar-refractivity contribution < 1.29 is 17.6 Å². The Bertz CT molecular complexity index is 823. The molecule has 0 saturated carbocycles. The molecule has 0 radical (unpaired) electrons. The molecule has 3 heterocycles. The van der Waals surface area contributed by atoms with Gasteiger partial charge in [-0.15, -0.1) is 0 Å². The van der Waals surface area contributed by atoms with Crippen LogP contribution in [0.1, 0.15) is 31.9 Å². The van der Waals surface area contributed by atoms with E-state index < -0.39 is 10.0 Å². The first kappa shape index (κ1) is 18.7. The highest BCUT2D eigenvalue weighted by Crippen LogP contribution is 2.18. The summed E-state index contributed by atoms with van der Waals surface area (Å²) in [5, 5.41) is 2.87. The van der Waals surface area contributed by atoms with Gasteiger partial charge in [0.15, 0.2) is 5.03 Å². The van der Waals surface area contributed by atoms with Crippen molar-refractivity contribution in [3.05, 3.63) is 36.7 Å². The van der Waals surface area contributed by atoms with Crippen LogP contribution < -0.4 is 5.32 Å². The number of rotatable bonds is 7. The van der Waals surface area contributed by atoms with Crippen molar-refractivity contribution in [3.8, 4) is 0 Å². The van der Waals surface area contributed by atoms with Crippen molar-refractivity contribution in [2.24, 2.45) is 0 Å². The molecule has 1 fully saturated rings. The Morgan fingerprint density at radius 1 is 1.35 bits per heavy atom. The number of piperidine rings is 1. The summed E-state index contributed by atoms with van der Waals surface area (Å²) in [4.78, 5) is 16.2. The highest BCUT2D eigenvalue weighted by Gasteiger charge is 2.28. The summed E-state index contributed by atoms with van der Waals surface area (Å²) in [6.45, 7) is 2.96. The van der Waals surface area contributed by atoms with Crippen LogP contribution in [0.4, 0.5) is 0 Å². The van der Waals surface area contributed by atoms with Gasteiger partial charge in [0.2, 0.25) is 5.91 Å². The van der Waals surface area contributed by atoms with E-state index in [0.717, 1.165) is 25.0 Å². The van der Waals surface area contributed by atoms with Crippen LogP contribution in [0.2, 0.25) is 0 Å². The second kappa shape index (κ2) is 8.05. The molecular weight excluding hydrogens is 356 g/mol. The van der Waals surface area contributed by atoms with E-state index in [0.29, 0.717) is 19.5 Å². The molecule has 1 amide bonds. The third kappa shape index (κ3) is 4.53. The molecule has 0 bridgehead atoms. The molecule has 3 rings (SSSR count). The Morgan fingerprint density at radius 2 is 2.12 bits per heavy atom. The standard InChI is InChI=1S/C17H24N4O4S/c1-14(10-15-6-5-9-25-15)19-16(22)11-20-12-17(18-13-20)26(23,24)21-7-3-2-4-8-21/h5-6,9,12-14H,2-4,7-8,10-11H2,1H3,(H,19,22). The normalized spacial score (nSPS) is 17.1. The van der Waals surface area contributed by atoms with Crippen LogP contribution in [0.5, 0.6) is 0 Å². The van der Waals surface area contributed by atoms with Gasteiger partial charge in [0, 0.05) is 31.7 Å². The topological polar surface area (TPSA) is 97.4 Å². The number of nitrogens with zero attached hydrogens (tertiary/aromatic N) is 3. The number of amides is 1. The molecule has 1 aliphatic rings. The van der Waals surface area contributed by atoms with Crippen LogP contribution in [-0.4, -0.2) is 47.3 Å². The first-order valence-electron chi connectivity index (χ1n) is 8.79. The maximum Gasteiger partial charge on any atom is 0.262 e. The van der Waals surface area contributed by atoms with Gasteiger partial charge in [0.05, 0.1) is 12.6 Å². The lowest BCUT2D eigenvalue weighted by Crippen LogP contribution is -2.36. The molecule has 0 aromatic carbocycles. The number of aromatic nitrogens is 2. The van der Waals surface area contributed by atoms with Gasteiger partial charge in [-0.25, -0.2) is 13.4 Å². The largest absolute Gasteiger partial charge is 0.469 e. The summed E-state index contributed by atoms with van der Waals surface area (Å²) >= 11 is 0. The lowest BCUT2D eigenvalue weighted by molar-refractivity contribution is -0.122. The molecule has 1 unspecified atom stereocenters. The molecule has 1 atom stereocenters. The number of hydrogen-bond acceptors (Lipinski definition) is 5. The zero-order chi connectivity index (χ0) is 18.6. The van der Waals surface area contributed by atoms with Gasteiger partial charge in [0.25, 0.3) is 10.0 Å². The van der Waals surface area contributed by atoms with Crippen molar-refractivity contribution in [1.29, 1.82) is 0 Å². The Balaban J connectivity index is 1.56. The van der Waals surface area contributed by atoms with Gasteiger partial charge in [0.1, 0.15) is 12.3 Å². The molecule has 1 aliphatic heterocycles. The molecule has 8 nitrogen and oxygen atoms in total. The average Bonchev–Trinajstić information content (AvgIpc) is 3.27. The molecule has 1 N–H and O–H groups in total. The molecule has 26 heavy (non-hydrogen) atoms. The SMILES string of the molecule is CC(Cc1ccco1)NC(=O)Cn1cnc(S(=O)(=O)N2CCCCC2)c1. The van der Waals surface area contributed by atoms with Gasteiger partial charge in [-0.3, -0.25) is 4.79 Å². The molecule has 2 aromatic heterocycles. The molecule has 2 aromatic rings. The monoisotopic (exact) mass is 380 g/mol. The Labute approximate surface area is 153 Å². The number of hydrogen-bond donors (Lipinski definition) is 1. The quantitative estimate of drug-likeness (QED) is 0.783. The van der Waals surface area contributed by atoms with Crippen molar-refractivity contribution in [2.45, 2.75) is 50.2 Å². The summed E-state index contributed by atoms with van der Waals surface area (Å²) < 4.78 is 33.4. The summed E-state index contributed by atoms with van der Waals surface area (Å²) in [6.07, 6.45) is 7.79. The van der Waals surface area contributed by atoms with E-state index in [1.807, 2.05) is 13.0 Å². The minimum absolute atomic E-state index is 0.00386. The van der Waals surface area contributed by atoms with Crippen LogP contribution in [0.3, 0.4) is 0 Å². The smallest absolute Gasteiger partial charge is 0.262 e. The van der Waals surface area contributed by atoms with Crippen molar-refractivity contribution in [2.75, 3.05) is 13.1 Å². The zero-order valence-corrected chi connectivity index (χ0v) is 15.6. The van der Waals surface area contributed by atoms with Crippen LogP contribution in [-0.2, 0) is 27.8 Å². The zero-order valence-electron chi connectivity index (χ0n) is 14.8. The number of carbonyl (C=O) groups excluding carboxylic acids is 1. The third-order valence-corrected chi connectivity index (χ3v) is 6.13. The summed E-state index contributed by atoms with van der Waals surface area (Å²) in [6, 6.07) is 3.57. The summed E-state index contributed by atoms with van der Waals surface area (Å²) in [7, 11) is -3.58. The van der Waals surface area contributed by atoms with E-state index in [1.165, 1.54) is 21.4 Å². The fraction of sp³-hybridized carbons (Fsp3) is 0.529. The van der Waals surface area contributed by atoms with E-state index in [2.05, 4.69) is 10.3 Å². The van der Waals surface area contributed by atoms with Gasteiger partial charge in [-0.05, 0) is 31.9 Å². The van der Waals surface area contributed by atoms with Crippen LogP contribution in [0.15, 0.2) is 40.4 Å². The second-order valence-corrected chi connectivity index (χ2v) is 8.49. The predicted octanol–water partition coefficient (Wildman–Crippen LogP) is 1.40. The summed E-state index contributed by atoms with van der Waals surface area (Å²) in [5.74, 6) is 0.596. The highest BCUT2D eigenvalue weighted by atomic mass is 32.2. The van der Waals surface area contributed by atoms with E-state index in [1.54, 1.807) is 12.3 Å². The van der Waals surface area contributed by atoms with E-state index in [9.17, 15) is 13.2 Å². The number of carbonyl (C=O) groups is 1. The number of nitrogens with one attached hydrogen (secondary N) is 1. The summed E-state index contributed by atoms with van der Waals surface area (Å²) in [5.41, 5.74) is 0. The Kier molecular flexibility index (Phi) is 5.77. The fourth-order valence-electron chi connectivity index (χ4n) is 3.06. The molecular formula is C17H24N4O4S. The predicted molar refractivity (Wildman–Crippen MR) is 94.9 cm³/mol. The van der Waals surface area contributed by atoms with Crippen molar-refractivity contribution in [3.63, 3.8) is 0 Å². The van der Waals surface area contributed by atoms with E-state index in [-0.39, 0.29) is 23.5 Å². The van der Waals surface area contributed by atoms with Crippen molar-refractivity contribution >= 4 is 15.9 Å². The Morgan fingerprint density at radius 3 is 2.81 bits per heavy atom. The Hall–Kier alpha value is -2.13. The first-order valence-corrected chi connectivity index (χ1v) is 10.2. The molecule has 1 saturated heterocycles.